The molecule has 3 N–H and O–H groups in total. The SMILES string of the molecule is COC(=O)NC1CCN(c2cccc(F)c2[C@H](C)N)C1. The maximum Gasteiger partial charge on any atom is 0.407 e. The van der Waals surface area contributed by atoms with Gasteiger partial charge in [0, 0.05) is 30.4 Å². The maximum absolute atomic E-state index is 13.9. The molecule has 2 rings (SSSR count). The van der Waals surface area contributed by atoms with Crippen molar-refractivity contribution in [2.75, 3.05) is 25.1 Å². The van der Waals surface area contributed by atoms with Gasteiger partial charge in [0.25, 0.3) is 0 Å². The summed E-state index contributed by atoms with van der Waals surface area (Å²) >= 11 is 0. The quantitative estimate of drug-likeness (QED) is 0.886. The van der Waals surface area contributed by atoms with Crippen molar-refractivity contribution >= 4 is 11.8 Å². The zero-order chi connectivity index (χ0) is 14.7. The third-order valence-corrected chi connectivity index (χ3v) is 3.52. The molecule has 1 aliphatic heterocycles. The summed E-state index contributed by atoms with van der Waals surface area (Å²) in [5.41, 5.74) is 7.18. The van der Waals surface area contributed by atoms with Gasteiger partial charge in [-0.2, -0.15) is 0 Å². The normalized spacial score (nSPS) is 19.8. The number of nitrogens with two attached hydrogens (primary N) is 1. The number of benzene rings is 1. The highest BCUT2D eigenvalue weighted by Crippen LogP contribution is 2.30. The Morgan fingerprint density at radius 3 is 3.00 bits per heavy atom. The molecular formula is C14H20FN3O2. The van der Waals surface area contributed by atoms with Gasteiger partial charge in [-0.15, -0.1) is 0 Å². The molecule has 0 radical (unpaired) electrons. The van der Waals surface area contributed by atoms with Crippen molar-refractivity contribution in [2.45, 2.75) is 25.4 Å². The van der Waals surface area contributed by atoms with Crippen LogP contribution >= 0.6 is 0 Å². The summed E-state index contributed by atoms with van der Waals surface area (Å²) in [4.78, 5) is 13.3. The second-order valence-electron chi connectivity index (χ2n) is 5.03. The molecule has 2 atom stereocenters. The van der Waals surface area contributed by atoms with Crippen LogP contribution in [0.25, 0.3) is 0 Å². The molecule has 1 aliphatic rings. The molecule has 5 nitrogen and oxygen atoms in total. The molecule has 0 bridgehead atoms. The largest absolute Gasteiger partial charge is 0.453 e. The average molecular weight is 281 g/mol. The Morgan fingerprint density at radius 2 is 2.35 bits per heavy atom. The van der Waals surface area contributed by atoms with E-state index in [1.54, 1.807) is 13.0 Å². The molecule has 1 aromatic rings. The van der Waals surface area contributed by atoms with Gasteiger partial charge < -0.3 is 20.7 Å². The predicted octanol–water partition coefficient (Wildman–Crippen LogP) is 1.78. The molecule has 1 amide bonds. The number of hydrogen-bond acceptors (Lipinski definition) is 4. The van der Waals surface area contributed by atoms with Gasteiger partial charge in [0.2, 0.25) is 0 Å². The van der Waals surface area contributed by atoms with E-state index in [1.165, 1.54) is 13.2 Å². The Balaban J connectivity index is 2.14. The molecule has 1 aromatic carbocycles. The van der Waals surface area contributed by atoms with E-state index in [2.05, 4.69) is 10.1 Å². The van der Waals surface area contributed by atoms with Gasteiger partial charge in [-0.1, -0.05) is 6.07 Å². The molecule has 0 aliphatic carbocycles. The summed E-state index contributed by atoms with van der Waals surface area (Å²) in [6.45, 7) is 3.14. The number of nitrogens with one attached hydrogen (secondary N) is 1. The lowest BCUT2D eigenvalue weighted by Crippen LogP contribution is -2.37. The Kier molecular flexibility index (Phi) is 4.44. The second kappa shape index (κ2) is 6.09. The number of methoxy groups -OCH3 is 1. The number of halogens is 1. The molecule has 20 heavy (non-hydrogen) atoms. The van der Waals surface area contributed by atoms with Crippen LogP contribution in [0.15, 0.2) is 18.2 Å². The summed E-state index contributed by atoms with van der Waals surface area (Å²) in [7, 11) is 1.34. The minimum atomic E-state index is -0.441. The Hall–Kier alpha value is -1.82. The van der Waals surface area contributed by atoms with Crippen LogP contribution in [-0.2, 0) is 4.74 Å². The summed E-state index contributed by atoms with van der Waals surface area (Å²) < 4.78 is 18.5. The van der Waals surface area contributed by atoms with Gasteiger partial charge in [-0.05, 0) is 25.5 Å². The van der Waals surface area contributed by atoms with E-state index in [4.69, 9.17) is 5.73 Å². The van der Waals surface area contributed by atoms with Crippen LogP contribution in [0.4, 0.5) is 14.9 Å². The fraction of sp³-hybridized carbons (Fsp3) is 0.500. The molecule has 0 aromatic heterocycles. The number of carbonyl (C=O) groups excluding carboxylic acids is 1. The van der Waals surface area contributed by atoms with Crippen molar-refractivity contribution in [3.05, 3.63) is 29.6 Å². The van der Waals surface area contributed by atoms with E-state index in [1.807, 2.05) is 11.0 Å². The minimum Gasteiger partial charge on any atom is -0.453 e. The fourth-order valence-corrected chi connectivity index (χ4v) is 2.57. The molecule has 1 unspecified atom stereocenters. The number of nitrogens with zero attached hydrogens (tertiary/aromatic N) is 1. The molecule has 110 valence electrons. The van der Waals surface area contributed by atoms with Crippen molar-refractivity contribution < 1.29 is 13.9 Å². The van der Waals surface area contributed by atoms with E-state index in [0.717, 1.165) is 18.7 Å². The lowest BCUT2D eigenvalue weighted by Gasteiger charge is -2.24. The number of alkyl carbamates (subject to hydrolysis) is 1. The molecule has 0 spiro atoms. The Bertz CT molecular complexity index is 493. The number of carbonyl (C=O) groups is 1. The predicted molar refractivity (Wildman–Crippen MR) is 75.2 cm³/mol. The smallest absolute Gasteiger partial charge is 0.407 e. The van der Waals surface area contributed by atoms with Gasteiger partial charge in [-0.3, -0.25) is 0 Å². The summed E-state index contributed by atoms with van der Waals surface area (Å²) in [6.07, 6.45) is 0.354. The molecule has 6 heteroatoms. The van der Waals surface area contributed by atoms with Gasteiger partial charge in [0.15, 0.2) is 0 Å². The zero-order valence-electron chi connectivity index (χ0n) is 11.7. The second-order valence-corrected chi connectivity index (χ2v) is 5.03. The molecule has 1 saturated heterocycles. The van der Waals surface area contributed by atoms with E-state index >= 15 is 0 Å². The van der Waals surface area contributed by atoms with Crippen LogP contribution in [0, 0.1) is 5.82 Å². The number of amides is 1. The first-order chi connectivity index (χ1) is 9.52. The van der Waals surface area contributed by atoms with Crippen LogP contribution in [-0.4, -0.2) is 32.3 Å². The summed E-state index contributed by atoms with van der Waals surface area (Å²) in [6, 6.07) is 4.59. The van der Waals surface area contributed by atoms with Crippen LogP contribution in [0.3, 0.4) is 0 Å². The number of ether oxygens (including phenoxy) is 1. The minimum absolute atomic E-state index is 0.00616. The first-order valence-electron chi connectivity index (χ1n) is 6.66. The number of hydrogen-bond donors (Lipinski definition) is 2. The monoisotopic (exact) mass is 281 g/mol. The first-order valence-corrected chi connectivity index (χ1v) is 6.66. The lowest BCUT2D eigenvalue weighted by molar-refractivity contribution is 0.167. The molecular weight excluding hydrogens is 261 g/mol. The number of anilines is 1. The van der Waals surface area contributed by atoms with Crippen LogP contribution in [0.5, 0.6) is 0 Å². The molecule has 1 fully saturated rings. The van der Waals surface area contributed by atoms with E-state index < -0.39 is 6.09 Å². The van der Waals surface area contributed by atoms with Crippen molar-refractivity contribution in [1.82, 2.24) is 5.32 Å². The third kappa shape index (κ3) is 3.01. The van der Waals surface area contributed by atoms with Crippen molar-refractivity contribution in [3.63, 3.8) is 0 Å². The van der Waals surface area contributed by atoms with Crippen LogP contribution < -0.4 is 16.0 Å². The van der Waals surface area contributed by atoms with Crippen LogP contribution in [0.2, 0.25) is 0 Å². The van der Waals surface area contributed by atoms with E-state index in [9.17, 15) is 9.18 Å². The molecule has 0 saturated carbocycles. The Labute approximate surface area is 117 Å². The highest BCUT2D eigenvalue weighted by molar-refractivity contribution is 5.67. The number of rotatable bonds is 3. The van der Waals surface area contributed by atoms with Crippen LogP contribution in [0.1, 0.15) is 24.9 Å². The van der Waals surface area contributed by atoms with Crippen molar-refractivity contribution in [1.29, 1.82) is 0 Å². The van der Waals surface area contributed by atoms with E-state index in [-0.39, 0.29) is 17.9 Å². The fourth-order valence-electron chi connectivity index (χ4n) is 2.57. The lowest BCUT2D eigenvalue weighted by atomic mass is 10.1. The summed E-state index contributed by atoms with van der Waals surface area (Å²) in [5.74, 6) is -0.290. The van der Waals surface area contributed by atoms with E-state index in [0.29, 0.717) is 12.1 Å². The van der Waals surface area contributed by atoms with Gasteiger partial charge in [0.1, 0.15) is 5.82 Å². The summed E-state index contributed by atoms with van der Waals surface area (Å²) in [5, 5.41) is 2.76. The standard InChI is InChI=1S/C14H20FN3O2/c1-9(16)13-11(15)4-3-5-12(13)18-7-6-10(8-18)17-14(19)20-2/h3-5,9-10H,6-8,16H2,1-2H3,(H,17,19)/t9-,10?/m0/s1. The third-order valence-electron chi connectivity index (χ3n) is 3.52. The average Bonchev–Trinajstić information content (AvgIpc) is 2.86. The molecule has 1 heterocycles. The topological polar surface area (TPSA) is 67.6 Å². The highest BCUT2D eigenvalue weighted by Gasteiger charge is 2.27. The van der Waals surface area contributed by atoms with Crippen molar-refractivity contribution in [3.8, 4) is 0 Å². The zero-order valence-corrected chi connectivity index (χ0v) is 11.7. The maximum atomic E-state index is 13.9. The van der Waals surface area contributed by atoms with Gasteiger partial charge in [-0.25, -0.2) is 9.18 Å². The Morgan fingerprint density at radius 1 is 1.60 bits per heavy atom. The van der Waals surface area contributed by atoms with Crippen molar-refractivity contribution in [2.24, 2.45) is 5.73 Å². The van der Waals surface area contributed by atoms with Gasteiger partial charge >= 0.3 is 6.09 Å². The highest BCUT2D eigenvalue weighted by atomic mass is 19.1. The first kappa shape index (κ1) is 14.6. The van der Waals surface area contributed by atoms with Gasteiger partial charge in [0.05, 0.1) is 13.2 Å².